The van der Waals surface area contributed by atoms with Crippen LogP contribution in [0.5, 0.6) is 11.8 Å². The number of fused-ring (bicyclic) bond motifs is 7. The Bertz CT molecular complexity index is 1810. The number of alkyl halides is 1. The summed E-state index contributed by atoms with van der Waals surface area (Å²) in [6.07, 6.45) is 8.27. The number of pyridine rings is 1. The average Bonchev–Trinajstić information content (AvgIpc) is 3.79. The van der Waals surface area contributed by atoms with Gasteiger partial charge in [-0.15, -0.1) is 0 Å². The molecule has 8 nitrogen and oxygen atoms in total. The Morgan fingerprint density at radius 2 is 1.93 bits per heavy atom. The molecule has 228 valence electrons. The number of benzene rings is 2. The fourth-order valence-electron chi connectivity index (χ4n) is 8.86. The van der Waals surface area contributed by atoms with E-state index in [2.05, 4.69) is 26.2 Å². The third-order valence-corrected chi connectivity index (χ3v) is 10.8. The third-order valence-electron chi connectivity index (χ3n) is 10.8. The minimum atomic E-state index is -0.868. The van der Waals surface area contributed by atoms with Crippen molar-refractivity contribution in [2.75, 3.05) is 37.7 Å². The number of halogens is 2. The van der Waals surface area contributed by atoms with E-state index in [0.29, 0.717) is 41.8 Å². The number of aromatic nitrogens is 3. The van der Waals surface area contributed by atoms with Gasteiger partial charge in [0.2, 0.25) is 0 Å². The number of rotatable bonds is 5. The van der Waals surface area contributed by atoms with Gasteiger partial charge in [-0.2, -0.15) is 9.97 Å². The Labute approximate surface area is 254 Å². The standard InChI is InChI=1S/C34H36F2N6O2/c35-21-13-34(9-2-10-42(34)15-21)18-44-33-39-31-27(32(40-33)41-16-22-7-8-23(17-41)38-22)14-37-30(29(31)36)26-12-24(43)11-20-6-5-19-3-1-4-25(19)28(20)26/h5-6,11-12,14,21-23,38,43H,1-4,7-10,13,15-18H2/t21-,22-,23+,34+/m1/s1. The molecule has 5 aliphatic rings. The van der Waals surface area contributed by atoms with Crippen LogP contribution in [0.15, 0.2) is 30.5 Å². The van der Waals surface area contributed by atoms with Crippen molar-refractivity contribution in [3.63, 3.8) is 0 Å². The van der Waals surface area contributed by atoms with Crippen molar-refractivity contribution in [1.82, 2.24) is 25.2 Å². The fraction of sp³-hybridized carbons (Fsp3) is 0.500. The zero-order valence-electron chi connectivity index (χ0n) is 24.7. The summed E-state index contributed by atoms with van der Waals surface area (Å²) in [7, 11) is 0. The third kappa shape index (κ3) is 4.17. The van der Waals surface area contributed by atoms with Crippen molar-refractivity contribution in [3.8, 4) is 23.0 Å². The number of hydrogen-bond donors (Lipinski definition) is 2. The first-order valence-electron chi connectivity index (χ1n) is 16.1. The Morgan fingerprint density at radius 3 is 2.80 bits per heavy atom. The maximum absolute atomic E-state index is 16.9. The molecule has 2 aromatic carbocycles. The van der Waals surface area contributed by atoms with E-state index in [1.165, 1.54) is 11.1 Å². The number of ether oxygens (including phenoxy) is 1. The van der Waals surface area contributed by atoms with E-state index in [4.69, 9.17) is 14.7 Å². The van der Waals surface area contributed by atoms with Crippen LogP contribution in [0.1, 0.15) is 49.7 Å². The molecule has 2 aromatic heterocycles. The van der Waals surface area contributed by atoms with E-state index in [1.807, 2.05) is 6.07 Å². The lowest BCUT2D eigenvalue weighted by Crippen LogP contribution is -2.51. The topological polar surface area (TPSA) is 86.6 Å². The molecular weight excluding hydrogens is 562 g/mol. The van der Waals surface area contributed by atoms with Crippen LogP contribution in [-0.4, -0.2) is 81.5 Å². The maximum atomic E-state index is 16.9. The zero-order valence-corrected chi connectivity index (χ0v) is 24.7. The second-order valence-electron chi connectivity index (χ2n) is 13.6. The van der Waals surface area contributed by atoms with Crippen LogP contribution < -0.4 is 15.0 Å². The highest BCUT2D eigenvalue weighted by molar-refractivity contribution is 6.02. The van der Waals surface area contributed by atoms with Crippen LogP contribution in [0, 0.1) is 5.82 Å². The van der Waals surface area contributed by atoms with Gasteiger partial charge < -0.3 is 20.1 Å². The molecule has 9 rings (SSSR count). The molecule has 4 saturated heterocycles. The smallest absolute Gasteiger partial charge is 0.319 e. The van der Waals surface area contributed by atoms with E-state index in [1.54, 1.807) is 18.3 Å². The highest BCUT2D eigenvalue weighted by atomic mass is 19.1. The molecular formula is C34H36F2N6O2. The number of aryl methyl sites for hydroxylation is 2. The van der Waals surface area contributed by atoms with Gasteiger partial charge in [0.05, 0.1) is 10.9 Å². The van der Waals surface area contributed by atoms with E-state index < -0.39 is 12.0 Å². The molecule has 1 aliphatic carbocycles. The molecule has 0 saturated carbocycles. The van der Waals surface area contributed by atoms with Crippen molar-refractivity contribution < 1.29 is 18.6 Å². The lowest BCUT2D eigenvalue weighted by molar-refractivity contribution is 0.107. The molecule has 2 N–H and O–H groups in total. The summed E-state index contributed by atoms with van der Waals surface area (Å²) in [5.41, 5.74) is 2.98. The molecule has 4 aromatic rings. The molecule has 44 heavy (non-hydrogen) atoms. The Balaban J connectivity index is 1.18. The number of nitrogens with zero attached hydrogens (tertiary/aromatic N) is 5. The molecule has 0 spiro atoms. The van der Waals surface area contributed by atoms with Crippen LogP contribution in [0.4, 0.5) is 14.6 Å². The Hall–Kier alpha value is -3.63. The van der Waals surface area contributed by atoms with Gasteiger partial charge in [0, 0.05) is 49.9 Å². The number of anilines is 1. The summed E-state index contributed by atoms with van der Waals surface area (Å²) in [5, 5.41) is 16.7. The van der Waals surface area contributed by atoms with E-state index in [9.17, 15) is 9.50 Å². The summed E-state index contributed by atoms with van der Waals surface area (Å²) < 4.78 is 37.7. The number of phenols is 1. The second kappa shape index (κ2) is 9.94. The van der Waals surface area contributed by atoms with E-state index in [0.717, 1.165) is 75.4 Å². The largest absolute Gasteiger partial charge is 0.508 e. The SMILES string of the molecule is Oc1cc(-c2ncc3c(N4C[C@H]5CC[C@@H](C4)N5)nc(OC[C@@]45CCCN4C[C@H](F)C5)nc3c2F)c2c3c(ccc2c1)CCC3. The van der Waals surface area contributed by atoms with Gasteiger partial charge in [0.1, 0.15) is 35.6 Å². The van der Waals surface area contributed by atoms with Crippen LogP contribution in [0.2, 0.25) is 0 Å². The number of hydrogen-bond acceptors (Lipinski definition) is 8. The number of phenolic OH excluding ortho intramolecular Hbond substituents is 1. The molecule has 6 heterocycles. The number of nitrogens with one attached hydrogen (secondary N) is 1. The van der Waals surface area contributed by atoms with Gasteiger partial charge in [-0.1, -0.05) is 12.1 Å². The van der Waals surface area contributed by atoms with Crippen LogP contribution in [0.3, 0.4) is 0 Å². The van der Waals surface area contributed by atoms with Crippen LogP contribution in [0.25, 0.3) is 32.9 Å². The zero-order chi connectivity index (χ0) is 29.6. The Kier molecular flexibility index (Phi) is 6.04. The molecule has 0 unspecified atom stereocenters. The fourth-order valence-corrected chi connectivity index (χ4v) is 8.86. The number of piperazine rings is 1. The lowest BCUT2D eigenvalue weighted by atomic mass is 9.94. The molecule has 4 fully saturated rings. The summed E-state index contributed by atoms with van der Waals surface area (Å²) in [6.45, 7) is 3.09. The first-order chi connectivity index (χ1) is 21.4. The van der Waals surface area contributed by atoms with Gasteiger partial charge in [0.25, 0.3) is 0 Å². The summed E-state index contributed by atoms with van der Waals surface area (Å²) in [5.74, 6) is 0.138. The summed E-state index contributed by atoms with van der Waals surface area (Å²) in [4.78, 5) is 18.6. The average molecular weight is 599 g/mol. The molecule has 0 amide bonds. The predicted octanol–water partition coefficient (Wildman–Crippen LogP) is 5.07. The predicted molar refractivity (Wildman–Crippen MR) is 165 cm³/mol. The first kappa shape index (κ1) is 26.7. The van der Waals surface area contributed by atoms with Gasteiger partial charge in [-0.25, -0.2) is 8.78 Å². The van der Waals surface area contributed by atoms with Crippen molar-refractivity contribution >= 4 is 27.5 Å². The molecule has 0 radical (unpaired) electrons. The quantitative estimate of drug-likeness (QED) is 0.329. The van der Waals surface area contributed by atoms with Gasteiger partial charge in [0.15, 0.2) is 5.82 Å². The minimum Gasteiger partial charge on any atom is -0.508 e. The van der Waals surface area contributed by atoms with Crippen molar-refractivity contribution in [2.45, 2.75) is 75.2 Å². The first-order valence-corrected chi connectivity index (χ1v) is 16.1. The van der Waals surface area contributed by atoms with Crippen LogP contribution in [-0.2, 0) is 12.8 Å². The number of aromatic hydroxyl groups is 1. The Morgan fingerprint density at radius 1 is 1.07 bits per heavy atom. The van der Waals surface area contributed by atoms with Gasteiger partial charge in [-0.3, -0.25) is 9.88 Å². The van der Waals surface area contributed by atoms with Crippen LogP contribution >= 0.6 is 0 Å². The van der Waals surface area contributed by atoms with E-state index in [-0.39, 0.29) is 35.1 Å². The highest BCUT2D eigenvalue weighted by Gasteiger charge is 2.49. The summed E-state index contributed by atoms with van der Waals surface area (Å²) >= 11 is 0. The molecule has 10 heteroatoms. The molecule has 4 aliphatic heterocycles. The monoisotopic (exact) mass is 598 g/mol. The van der Waals surface area contributed by atoms with Gasteiger partial charge >= 0.3 is 6.01 Å². The minimum absolute atomic E-state index is 0.0681. The normalized spacial score (nSPS) is 27.9. The molecule has 2 bridgehead atoms. The van der Waals surface area contributed by atoms with Crippen molar-refractivity contribution in [2.24, 2.45) is 0 Å². The van der Waals surface area contributed by atoms with Crippen molar-refractivity contribution in [1.29, 1.82) is 0 Å². The van der Waals surface area contributed by atoms with E-state index >= 15 is 4.39 Å². The molecule has 4 atom stereocenters. The van der Waals surface area contributed by atoms with Gasteiger partial charge in [-0.05, 0) is 85.5 Å². The second-order valence-corrected chi connectivity index (χ2v) is 13.6. The lowest BCUT2D eigenvalue weighted by Gasteiger charge is -2.34. The summed E-state index contributed by atoms with van der Waals surface area (Å²) in [6, 6.07) is 8.29. The highest BCUT2D eigenvalue weighted by Crippen LogP contribution is 2.43. The maximum Gasteiger partial charge on any atom is 0.319 e. The van der Waals surface area contributed by atoms with Crippen molar-refractivity contribution in [3.05, 3.63) is 47.4 Å².